The monoisotopic (exact) mass is 685 g/mol. The fourth-order valence-electron chi connectivity index (χ4n) is 7.02. The van der Waals surface area contributed by atoms with Crippen LogP contribution in [0.5, 0.6) is 0 Å². The van der Waals surface area contributed by atoms with Crippen molar-refractivity contribution in [1.29, 1.82) is 0 Å². The van der Waals surface area contributed by atoms with Gasteiger partial charge in [0.25, 0.3) is 0 Å². The molecule has 3 amide bonds. The van der Waals surface area contributed by atoms with E-state index in [2.05, 4.69) is 25.0 Å². The van der Waals surface area contributed by atoms with Crippen LogP contribution in [0.1, 0.15) is 76.2 Å². The van der Waals surface area contributed by atoms with Crippen molar-refractivity contribution in [3.63, 3.8) is 0 Å². The van der Waals surface area contributed by atoms with E-state index < -0.39 is 43.6 Å². The number of ether oxygens (including phenoxy) is 1. The molecule has 0 spiro atoms. The fourth-order valence-corrected chi connectivity index (χ4v) is 8.14. The molecule has 1 aliphatic heterocycles. The number of amides is 3. The number of nitrogens with zero attached hydrogens (tertiary/aromatic N) is 2. The third kappa shape index (κ3) is 11.4. The molecule has 1 aromatic rings. The second-order valence-corrected chi connectivity index (χ2v) is 20.7. The summed E-state index contributed by atoms with van der Waals surface area (Å²) < 4.78 is 20.5. The van der Waals surface area contributed by atoms with Crippen molar-refractivity contribution in [2.24, 2.45) is 11.8 Å². The molecule has 1 saturated heterocycles. The number of unbranched alkanes of at least 4 members (excludes halogenated alkanes) is 1. The van der Waals surface area contributed by atoms with Crippen LogP contribution in [0.4, 0.5) is 14.0 Å². The number of likely N-dealkylation sites (tertiary alicyclic amines) is 1. The molecule has 4 N–H and O–H groups in total. The molecule has 9 nitrogen and oxygen atoms in total. The number of methoxy groups -OCH3 is 1. The van der Waals surface area contributed by atoms with Gasteiger partial charge in [0.1, 0.15) is 5.82 Å². The van der Waals surface area contributed by atoms with Crippen molar-refractivity contribution in [3.05, 3.63) is 34.6 Å². The Bertz CT molecular complexity index is 1120. The Morgan fingerprint density at radius 3 is 2.54 bits per heavy atom. The van der Waals surface area contributed by atoms with Gasteiger partial charge in [-0.15, -0.1) is 0 Å². The molecule has 1 saturated carbocycles. The molecule has 12 heteroatoms. The summed E-state index contributed by atoms with van der Waals surface area (Å²) in [4.78, 5) is 28.9. The zero-order chi connectivity index (χ0) is 33.9. The lowest BCUT2D eigenvalue weighted by Crippen LogP contribution is -2.56. The Kier molecular flexibility index (Phi) is 15.1. The van der Waals surface area contributed by atoms with Crippen LogP contribution in [0.2, 0.25) is 30.7 Å². The first kappa shape index (κ1) is 38.5. The number of benzene rings is 1. The van der Waals surface area contributed by atoms with Gasteiger partial charge in [0.2, 0.25) is 0 Å². The van der Waals surface area contributed by atoms with Gasteiger partial charge in [-0.1, -0.05) is 75.5 Å². The van der Waals surface area contributed by atoms with Crippen LogP contribution in [0.15, 0.2) is 18.2 Å². The van der Waals surface area contributed by atoms with E-state index >= 15 is 4.39 Å². The van der Waals surface area contributed by atoms with Gasteiger partial charge >= 0.3 is 12.1 Å². The van der Waals surface area contributed by atoms with Crippen LogP contribution in [-0.4, -0.2) is 97.4 Å². The molecule has 0 bridgehead atoms. The van der Waals surface area contributed by atoms with Crippen molar-refractivity contribution in [2.45, 2.75) is 114 Å². The summed E-state index contributed by atoms with van der Waals surface area (Å²) in [5.74, 6) is -0.743. The Morgan fingerprint density at radius 1 is 1.17 bits per heavy atom. The van der Waals surface area contributed by atoms with Crippen molar-refractivity contribution in [1.82, 2.24) is 15.1 Å². The van der Waals surface area contributed by atoms with Gasteiger partial charge in [0.05, 0.1) is 29.3 Å². The lowest BCUT2D eigenvalue weighted by atomic mass is 9.74. The highest BCUT2D eigenvalue weighted by molar-refractivity contribution is 6.76. The Hall–Kier alpha value is -1.92. The zero-order valence-corrected chi connectivity index (χ0v) is 30.0. The Morgan fingerprint density at radius 2 is 1.89 bits per heavy atom. The summed E-state index contributed by atoms with van der Waals surface area (Å²) in [5.41, 5.74) is -1.40. The number of piperidine rings is 1. The van der Waals surface area contributed by atoms with E-state index in [4.69, 9.17) is 16.3 Å². The number of carbonyl (C=O) groups excluding carboxylic acids is 1. The number of nitrogens with one attached hydrogen (secondary N) is 1. The number of halogens is 2. The van der Waals surface area contributed by atoms with Gasteiger partial charge in [0, 0.05) is 52.9 Å². The van der Waals surface area contributed by atoms with Crippen LogP contribution < -0.4 is 5.32 Å². The molecule has 46 heavy (non-hydrogen) atoms. The predicted molar refractivity (Wildman–Crippen MR) is 183 cm³/mol. The minimum atomic E-state index is -1.54. The van der Waals surface area contributed by atoms with E-state index in [1.165, 1.54) is 17.4 Å². The number of carboxylic acid groups (broad SMARTS) is 1. The molecule has 1 heterocycles. The van der Waals surface area contributed by atoms with E-state index in [1.54, 1.807) is 24.1 Å². The summed E-state index contributed by atoms with van der Waals surface area (Å²) in [7, 11) is 0.102. The van der Waals surface area contributed by atoms with Gasteiger partial charge in [-0.05, 0) is 56.6 Å². The number of aliphatic hydroxyl groups excluding tert-OH is 1. The largest absolute Gasteiger partial charge is 0.465 e. The van der Waals surface area contributed by atoms with E-state index in [1.807, 2.05) is 0 Å². The average Bonchev–Trinajstić information content (AvgIpc) is 3.02. The van der Waals surface area contributed by atoms with Crippen molar-refractivity contribution >= 4 is 31.8 Å². The molecule has 2 aliphatic rings. The quantitative estimate of drug-likeness (QED) is 0.111. The summed E-state index contributed by atoms with van der Waals surface area (Å²) in [5, 5.41) is 36.5. The fraction of sp³-hybridized carbons (Fsp3) is 0.765. The number of urea groups is 1. The van der Waals surface area contributed by atoms with Crippen LogP contribution in [0.25, 0.3) is 0 Å². The van der Waals surface area contributed by atoms with Gasteiger partial charge in [-0.2, -0.15) is 0 Å². The molecule has 0 aromatic heterocycles. The van der Waals surface area contributed by atoms with E-state index in [0.717, 1.165) is 31.7 Å². The molecule has 1 aliphatic carbocycles. The molecular weight excluding hydrogens is 629 g/mol. The lowest BCUT2D eigenvalue weighted by molar-refractivity contribution is -0.0590. The number of aliphatic hydroxyl groups is 2. The second kappa shape index (κ2) is 18.0. The van der Waals surface area contributed by atoms with Gasteiger partial charge < -0.3 is 35.2 Å². The molecular formula is C34H57ClFN3O6Si. The standard InChI is InChI=1S/C34H57ClFN3O6Si/c1-45-20-9-8-17-34(44,27-15-10-16-28(35)31(27)36)26-14-11-18-38(23-26)32(41)37-29(22-25-12-6-5-7-13-25)30(40)24-39(33(42)43)19-21-46(2,3)4/h10,15-16,25-26,29-30,40,44H,5-9,11-14,17-24H2,1-4H3,(H,37,41)(H,42,43)/t26?,29-,30?,34-/m0/s1. The highest BCUT2D eigenvalue weighted by Crippen LogP contribution is 2.42. The van der Waals surface area contributed by atoms with Crippen molar-refractivity contribution in [3.8, 4) is 0 Å². The number of rotatable bonds is 16. The molecule has 2 unspecified atom stereocenters. The topological polar surface area (TPSA) is 123 Å². The number of carbonyl (C=O) groups is 2. The Labute approximate surface area is 280 Å². The van der Waals surface area contributed by atoms with Gasteiger partial charge in [0.15, 0.2) is 0 Å². The summed E-state index contributed by atoms with van der Waals surface area (Å²) in [6.07, 6.45) is 6.68. The zero-order valence-electron chi connectivity index (χ0n) is 28.3. The van der Waals surface area contributed by atoms with Crippen LogP contribution in [0.3, 0.4) is 0 Å². The molecule has 1 aromatic carbocycles. The minimum Gasteiger partial charge on any atom is -0.465 e. The van der Waals surface area contributed by atoms with E-state index in [9.17, 15) is 24.9 Å². The molecule has 3 rings (SSSR count). The second-order valence-electron chi connectivity index (χ2n) is 14.7. The summed E-state index contributed by atoms with van der Waals surface area (Å²) >= 11 is 6.14. The molecule has 2 fully saturated rings. The molecule has 262 valence electrons. The Balaban J connectivity index is 1.79. The van der Waals surface area contributed by atoms with Crippen molar-refractivity contribution in [2.75, 3.05) is 39.9 Å². The maximum absolute atomic E-state index is 15.4. The molecule has 0 radical (unpaired) electrons. The lowest BCUT2D eigenvalue weighted by Gasteiger charge is -2.43. The van der Waals surface area contributed by atoms with E-state index in [-0.39, 0.29) is 29.7 Å². The van der Waals surface area contributed by atoms with E-state index in [0.29, 0.717) is 64.1 Å². The van der Waals surface area contributed by atoms with Crippen LogP contribution in [0, 0.1) is 17.7 Å². The first-order valence-corrected chi connectivity index (χ1v) is 21.2. The normalized spacial score (nSPS) is 20.5. The maximum Gasteiger partial charge on any atom is 0.407 e. The smallest absolute Gasteiger partial charge is 0.407 e. The highest BCUT2D eigenvalue weighted by atomic mass is 35.5. The first-order valence-electron chi connectivity index (χ1n) is 17.1. The third-order valence-corrected chi connectivity index (χ3v) is 11.9. The maximum atomic E-state index is 15.4. The van der Waals surface area contributed by atoms with Crippen LogP contribution in [-0.2, 0) is 10.3 Å². The van der Waals surface area contributed by atoms with Crippen molar-refractivity contribution < 1.29 is 34.0 Å². The number of hydrogen-bond donors (Lipinski definition) is 4. The van der Waals surface area contributed by atoms with Gasteiger partial charge in [-0.25, -0.2) is 14.0 Å². The minimum absolute atomic E-state index is 0.0574. The predicted octanol–water partition coefficient (Wildman–Crippen LogP) is 6.92. The summed E-state index contributed by atoms with van der Waals surface area (Å²) in [6.45, 7) is 8.02. The highest BCUT2D eigenvalue weighted by Gasteiger charge is 2.43. The van der Waals surface area contributed by atoms with Crippen LogP contribution >= 0.6 is 11.6 Å². The number of hydrogen-bond acceptors (Lipinski definition) is 5. The SMILES string of the molecule is COCCCC[C@@](O)(c1cccc(Cl)c1F)C1CCCN(C(=O)N[C@@H](CC2CCCCC2)C(O)CN(CC[Si](C)(C)C)C(=O)O)C1. The average molecular weight is 686 g/mol. The summed E-state index contributed by atoms with van der Waals surface area (Å²) in [6, 6.07) is 4.46. The first-order chi connectivity index (χ1) is 21.7. The third-order valence-electron chi connectivity index (χ3n) is 9.85. The van der Waals surface area contributed by atoms with Gasteiger partial charge in [-0.3, -0.25) is 0 Å². The molecule has 4 atom stereocenters.